The van der Waals surface area contributed by atoms with Crippen LogP contribution in [-0.2, 0) is 4.74 Å². The Bertz CT molecular complexity index is 471. The van der Waals surface area contributed by atoms with E-state index in [1.807, 2.05) is 0 Å². The maximum atomic E-state index is 5.89. The van der Waals surface area contributed by atoms with Gasteiger partial charge in [0, 0.05) is 36.6 Å². The minimum atomic E-state index is 0.259. The molecule has 1 heterocycles. The number of nitrogens with zero attached hydrogens (tertiary/aromatic N) is 1. The fourth-order valence-electron chi connectivity index (χ4n) is 4.25. The number of benzene rings is 1. The minimum absolute atomic E-state index is 0.259. The van der Waals surface area contributed by atoms with E-state index in [-0.39, 0.29) is 5.41 Å². The fourth-order valence-corrected chi connectivity index (χ4v) is 4.25. The zero-order valence-corrected chi connectivity index (χ0v) is 13.7. The number of rotatable bonds is 5. The molecule has 0 aromatic heterocycles. The second-order valence-corrected chi connectivity index (χ2v) is 7.34. The van der Waals surface area contributed by atoms with E-state index in [1.54, 1.807) is 0 Å². The second kappa shape index (κ2) is 5.71. The van der Waals surface area contributed by atoms with E-state index in [0.29, 0.717) is 24.1 Å². The Labute approximate surface area is 128 Å². The molecule has 1 aliphatic heterocycles. The maximum Gasteiger partial charge on any atom is 0.0685 e. The van der Waals surface area contributed by atoms with Crippen molar-refractivity contribution in [2.24, 2.45) is 11.3 Å². The highest BCUT2D eigenvalue weighted by molar-refractivity contribution is 5.20. The topological polar surface area (TPSA) is 24.5 Å². The molecule has 116 valence electrons. The first-order valence-corrected chi connectivity index (χ1v) is 8.08. The highest BCUT2D eigenvalue weighted by atomic mass is 16.5. The summed E-state index contributed by atoms with van der Waals surface area (Å²) in [5.74, 6) is 0.707. The summed E-state index contributed by atoms with van der Waals surface area (Å²) in [5.41, 5.74) is 1.64. The number of hydrogen-bond donors (Lipinski definition) is 1. The molecule has 0 bridgehead atoms. The molecule has 1 aromatic carbocycles. The predicted molar refractivity (Wildman–Crippen MR) is 86.3 cm³/mol. The largest absolute Gasteiger partial charge is 0.377 e. The van der Waals surface area contributed by atoms with Crippen LogP contribution in [0.2, 0.25) is 0 Å². The van der Waals surface area contributed by atoms with Gasteiger partial charge in [0.15, 0.2) is 0 Å². The number of hydrogen-bond acceptors (Lipinski definition) is 3. The normalized spacial score (nSPS) is 31.8. The predicted octanol–water partition coefficient (Wildman–Crippen LogP) is 2.69. The smallest absolute Gasteiger partial charge is 0.0685 e. The zero-order valence-electron chi connectivity index (χ0n) is 13.7. The molecule has 21 heavy (non-hydrogen) atoms. The average Bonchev–Trinajstić information content (AvgIpc) is 2.90. The van der Waals surface area contributed by atoms with Crippen LogP contribution in [0, 0.1) is 11.3 Å². The van der Waals surface area contributed by atoms with E-state index in [0.717, 1.165) is 13.2 Å². The SMILES string of the molecule is CN(C)C(CNC1C2CCOC2C1(C)C)c1ccccc1. The standard InChI is InChI=1S/C18H28N2O/c1-18(2)16(14-10-11-21-17(14)18)19-12-15(20(3)4)13-8-6-5-7-9-13/h5-9,14-17,19H,10-12H2,1-4H3. The second-order valence-electron chi connectivity index (χ2n) is 7.34. The molecular weight excluding hydrogens is 260 g/mol. The number of nitrogens with one attached hydrogen (secondary N) is 1. The molecule has 3 nitrogen and oxygen atoms in total. The lowest BCUT2D eigenvalue weighted by Gasteiger charge is -2.55. The first-order chi connectivity index (χ1) is 10.0. The molecule has 1 aliphatic carbocycles. The van der Waals surface area contributed by atoms with Crippen LogP contribution in [0.25, 0.3) is 0 Å². The van der Waals surface area contributed by atoms with E-state index in [4.69, 9.17) is 4.74 Å². The van der Waals surface area contributed by atoms with Crippen molar-refractivity contribution in [1.29, 1.82) is 0 Å². The quantitative estimate of drug-likeness (QED) is 0.901. The van der Waals surface area contributed by atoms with Crippen molar-refractivity contribution in [2.75, 3.05) is 27.2 Å². The lowest BCUT2D eigenvalue weighted by molar-refractivity contribution is -0.113. The lowest BCUT2D eigenvalue weighted by atomic mass is 9.57. The Morgan fingerprint density at radius 2 is 2.00 bits per heavy atom. The van der Waals surface area contributed by atoms with Gasteiger partial charge in [-0.1, -0.05) is 44.2 Å². The first-order valence-electron chi connectivity index (χ1n) is 8.08. The van der Waals surface area contributed by atoms with Crippen molar-refractivity contribution >= 4 is 0 Å². The van der Waals surface area contributed by atoms with Crippen molar-refractivity contribution in [3.63, 3.8) is 0 Å². The molecular formula is C18H28N2O. The molecule has 1 saturated carbocycles. The van der Waals surface area contributed by atoms with E-state index in [1.165, 1.54) is 12.0 Å². The van der Waals surface area contributed by atoms with Gasteiger partial charge in [-0.3, -0.25) is 0 Å². The van der Waals surface area contributed by atoms with Gasteiger partial charge in [0.1, 0.15) is 0 Å². The Morgan fingerprint density at radius 3 is 2.67 bits per heavy atom. The molecule has 1 N–H and O–H groups in total. The Morgan fingerprint density at radius 1 is 1.29 bits per heavy atom. The summed E-state index contributed by atoms with van der Waals surface area (Å²) in [6.45, 7) is 6.61. The van der Waals surface area contributed by atoms with E-state index >= 15 is 0 Å². The highest BCUT2D eigenvalue weighted by Gasteiger charge is 2.59. The number of fused-ring (bicyclic) bond motifs is 1. The number of likely N-dealkylation sites (N-methyl/N-ethyl adjacent to an activating group) is 1. The summed E-state index contributed by atoms with van der Waals surface area (Å²) in [7, 11) is 4.32. The monoisotopic (exact) mass is 288 g/mol. The first kappa shape index (κ1) is 15.0. The van der Waals surface area contributed by atoms with Crippen LogP contribution in [0.5, 0.6) is 0 Å². The van der Waals surface area contributed by atoms with Crippen molar-refractivity contribution in [2.45, 2.75) is 38.5 Å². The summed E-state index contributed by atoms with van der Waals surface area (Å²) in [6.07, 6.45) is 1.67. The minimum Gasteiger partial charge on any atom is -0.377 e. The summed E-state index contributed by atoms with van der Waals surface area (Å²) in [5, 5.41) is 3.84. The number of ether oxygens (including phenoxy) is 1. The fraction of sp³-hybridized carbons (Fsp3) is 0.667. The maximum absolute atomic E-state index is 5.89. The summed E-state index contributed by atoms with van der Waals surface area (Å²) in [4.78, 5) is 2.30. The van der Waals surface area contributed by atoms with Gasteiger partial charge in [-0.25, -0.2) is 0 Å². The van der Waals surface area contributed by atoms with Crippen LogP contribution < -0.4 is 5.32 Å². The third-order valence-electron chi connectivity index (χ3n) is 5.44. The van der Waals surface area contributed by atoms with Crippen LogP contribution in [0.3, 0.4) is 0 Å². The highest BCUT2D eigenvalue weighted by Crippen LogP contribution is 2.52. The molecule has 1 saturated heterocycles. The van der Waals surface area contributed by atoms with Gasteiger partial charge in [-0.2, -0.15) is 0 Å². The van der Waals surface area contributed by atoms with Crippen LogP contribution in [-0.4, -0.2) is 44.3 Å². The van der Waals surface area contributed by atoms with Crippen molar-refractivity contribution < 1.29 is 4.74 Å². The molecule has 2 aliphatic rings. The Hall–Kier alpha value is -0.900. The van der Waals surface area contributed by atoms with Gasteiger partial charge in [0.05, 0.1) is 6.10 Å². The molecule has 0 spiro atoms. The van der Waals surface area contributed by atoms with Crippen LogP contribution >= 0.6 is 0 Å². The van der Waals surface area contributed by atoms with Crippen molar-refractivity contribution in [1.82, 2.24) is 10.2 Å². The van der Waals surface area contributed by atoms with Gasteiger partial charge in [0.25, 0.3) is 0 Å². The van der Waals surface area contributed by atoms with Gasteiger partial charge >= 0.3 is 0 Å². The molecule has 4 unspecified atom stereocenters. The van der Waals surface area contributed by atoms with Gasteiger partial charge in [-0.15, -0.1) is 0 Å². The third-order valence-corrected chi connectivity index (χ3v) is 5.44. The van der Waals surface area contributed by atoms with E-state index in [9.17, 15) is 0 Å². The van der Waals surface area contributed by atoms with Gasteiger partial charge in [0.2, 0.25) is 0 Å². The van der Waals surface area contributed by atoms with E-state index in [2.05, 4.69) is 68.5 Å². The third kappa shape index (κ3) is 2.63. The molecule has 0 radical (unpaired) electrons. The molecule has 2 fully saturated rings. The summed E-state index contributed by atoms with van der Waals surface area (Å²) < 4.78 is 5.89. The molecule has 4 atom stereocenters. The van der Waals surface area contributed by atoms with Crippen molar-refractivity contribution in [3.8, 4) is 0 Å². The van der Waals surface area contributed by atoms with Crippen LogP contribution in [0.4, 0.5) is 0 Å². The van der Waals surface area contributed by atoms with Crippen LogP contribution in [0.15, 0.2) is 30.3 Å². The Kier molecular flexibility index (Phi) is 4.08. The Balaban J connectivity index is 1.65. The van der Waals surface area contributed by atoms with Gasteiger partial charge in [-0.05, 0) is 26.1 Å². The molecule has 1 aromatic rings. The summed E-state index contributed by atoms with van der Waals surface area (Å²) >= 11 is 0. The zero-order chi connectivity index (χ0) is 15.0. The van der Waals surface area contributed by atoms with Crippen molar-refractivity contribution in [3.05, 3.63) is 35.9 Å². The van der Waals surface area contributed by atoms with E-state index < -0.39 is 0 Å². The lowest BCUT2D eigenvalue weighted by Crippen LogP contribution is -2.66. The van der Waals surface area contributed by atoms with Gasteiger partial charge < -0.3 is 15.0 Å². The molecule has 3 heteroatoms. The van der Waals surface area contributed by atoms with Crippen LogP contribution in [0.1, 0.15) is 31.9 Å². The molecule has 3 rings (SSSR count). The molecule has 0 amide bonds. The summed E-state index contributed by atoms with van der Waals surface area (Å²) in [6, 6.07) is 11.8. The average molecular weight is 288 g/mol.